The Kier molecular flexibility index (Phi) is 7.43. The van der Waals surface area contributed by atoms with Crippen molar-refractivity contribution in [3.05, 3.63) is 71.3 Å². The first-order valence-electron chi connectivity index (χ1n) is 8.81. The van der Waals surface area contributed by atoms with E-state index in [1.807, 2.05) is 54.6 Å². The van der Waals surface area contributed by atoms with E-state index in [4.69, 9.17) is 15.5 Å². The molecule has 3 rings (SSSR count). The van der Waals surface area contributed by atoms with Gasteiger partial charge in [-0.3, -0.25) is 0 Å². The lowest BCUT2D eigenvalue weighted by atomic mass is 10.0. The van der Waals surface area contributed by atoms with Gasteiger partial charge in [0.1, 0.15) is 17.3 Å². The molecule has 144 valence electrons. The molecule has 1 aliphatic heterocycles. The second kappa shape index (κ2) is 10.2. The Hall–Kier alpha value is -2.40. The molecule has 1 heterocycles. The van der Waals surface area contributed by atoms with Crippen LogP contribution in [0.4, 0.5) is 5.69 Å². The molecule has 3 N–H and O–H groups in total. The van der Waals surface area contributed by atoms with Crippen molar-refractivity contribution in [1.82, 2.24) is 5.32 Å². The second-order valence-corrected chi connectivity index (χ2v) is 8.57. The fourth-order valence-electron chi connectivity index (χ4n) is 2.69. The zero-order chi connectivity index (χ0) is 19.8. The number of nitriles is 1. The van der Waals surface area contributed by atoms with Crippen molar-refractivity contribution in [2.24, 2.45) is 4.99 Å². The molecule has 2 aromatic carbocycles. The van der Waals surface area contributed by atoms with Gasteiger partial charge in [-0.05, 0) is 29.8 Å². The Balaban J connectivity index is 1.90. The van der Waals surface area contributed by atoms with Gasteiger partial charge in [-0.15, -0.1) is 23.5 Å². The van der Waals surface area contributed by atoms with Crippen molar-refractivity contribution in [2.45, 2.75) is 5.37 Å². The van der Waals surface area contributed by atoms with E-state index >= 15 is 0 Å². The summed E-state index contributed by atoms with van der Waals surface area (Å²) in [5.41, 5.74) is 9.89. The molecule has 0 bridgehead atoms. The highest BCUT2D eigenvalue weighted by atomic mass is 32.2. The maximum Gasteiger partial charge on any atom is 0.135 e. The summed E-state index contributed by atoms with van der Waals surface area (Å²) in [5, 5.41) is 13.8. The number of methoxy groups -OCH3 is 1. The Morgan fingerprint density at radius 3 is 2.57 bits per heavy atom. The van der Waals surface area contributed by atoms with Gasteiger partial charge in [-0.1, -0.05) is 30.3 Å². The van der Waals surface area contributed by atoms with Crippen molar-refractivity contribution in [1.29, 1.82) is 5.26 Å². The largest absolute Gasteiger partial charge is 0.399 e. The van der Waals surface area contributed by atoms with Crippen molar-refractivity contribution in [3.8, 4) is 6.07 Å². The normalized spacial score (nSPS) is 16.3. The van der Waals surface area contributed by atoms with E-state index in [2.05, 4.69) is 11.4 Å². The van der Waals surface area contributed by atoms with Crippen LogP contribution >= 0.6 is 23.5 Å². The summed E-state index contributed by atoms with van der Waals surface area (Å²) in [7, 11) is 1.70. The van der Waals surface area contributed by atoms with E-state index in [0.717, 1.165) is 33.5 Å². The smallest absolute Gasteiger partial charge is 0.135 e. The molecule has 0 spiro atoms. The van der Waals surface area contributed by atoms with Crippen LogP contribution in [0.5, 0.6) is 0 Å². The Morgan fingerprint density at radius 1 is 1.14 bits per heavy atom. The fourth-order valence-corrected chi connectivity index (χ4v) is 4.86. The van der Waals surface area contributed by atoms with Crippen LogP contribution in [0.3, 0.4) is 0 Å². The average molecular weight is 411 g/mol. The number of rotatable bonds is 8. The van der Waals surface area contributed by atoms with Crippen LogP contribution in [-0.2, 0) is 4.74 Å². The molecule has 0 saturated carbocycles. The number of amidine groups is 1. The zero-order valence-corrected chi connectivity index (χ0v) is 17.2. The van der Waals surface area contributed by atoms with Gasteiger partial charge in [0.15, 0.2) is 0 Å². The van der Waals surface area contributed by atoms with Crippen LogP contribution in [0.25, 0.3) is 5.70 Å². The number of nitrogens with zero attached hydrogens (tertiary/aromatic N) is 2. The predicted molar refractivity (Wildman–Crippen MR) is 120 cm³/mol. The summed E-state index contributed by atoms with van der Waals surface area (Å²) in [4.78, 5) is 4.83. The lowest BCUT2D eigenvalue weighted by molar-refractivity contribution is 0.219. The Bertz CT molecular complexity index is 889. The van der Waals surface area contributed by atoms with E-state index < -0.39 is 0 Å². The van der Waals surface area contributed by atoms with Gasteiger partial charge >= 0.3 is 0 Å². The summed E-state index contributed by atoms with van der Waals surface area (Å²) in [6.45, 7) is 0.716. The third-order valence-electron chi connectivity index (χ3n) is 4.11. The third kappa shape index (κ3) is 5.10. The van der Waals surface area contributed by atoms with Gasteiger partial charge in [-0.2, -0.15) is 5.26 Å². The molecule has 0 fully saturated rings. The van der Waals surface area contributed by atoms with Crippen LogP contribution in [-0.4, -0.2) is 35.8 Å². The first kappa shape index (κ1) is 20.3. The van der Waals surface area contributed by atoms with Gasteiger partial charge in [0, 0.05) is 29.2 Å². The summed E-state index contributed by atoms with van der Waals surface area (Å²) < 4.78 is 5.10. The highest BCUT2D eigenvalue weighted by Gasteiger charge is 2.26. The van der Waals surface area contributed by atoms with Crippen molar-refractivity contribution < 1.29 is 4.74 Å². The number of hydrogen-bond donors (Lipinski definition) is 2. The molecule has 7 heteroatoms. The van der Waals surface area contributed by atoms with Gasteiger partial charge < -0.3 is 15.8 Å². The number of nitrogens with one attached hydrogen (secondary N) is 1. The van der Waals surface area contributed by atoms with Gasteiger partial charge in [0.2, 0.25) is 0 Å². The van der Waals surface area contributed by atoms with Gasteiger partial charge in [0.05, 0.1) is 17.9 Å². The predicted octanol–water partition coefficient (Wildman–Crippen LogP) is 3.95. The number of anilines is 1. The number of nitrogen functional groups attached to an aromatic ring is 1. The molecule has 0 amide bonds. The number of thioether (sulfide) groups is 2. The molecule has 0 saturated heterocycles. The first-order chi connectivity index (χ1) is 13.7. The maximum absolute atomic E-state index is 9.85. The van der Waals surface area contributed by atoms with E-state index in [-0.39, 0.29) is 5.37 Å². The summed E-state index contributed by atoms with van der Waals surface area (Å²) >= 11 is 3.44. The van der Waals surface area contributed by atoms with E-state index in [0.29, 0.717) is 17.9 Å². The number of ether oxygens (including phenoxy) is 1. The monoisotopic (exact) mass is 410 g/mol. The minimum absolute atomic E-state index is 0.260. The van der Waals surface area contributed by atoms with Crippen LogP contribution in [0.15, 0.2) is 65.2 Å². The highest BCUT2D eigenvalue weighted by molar-refractivity contribution is 8.16. The molecule has 1 aliphatic rings. The molecule has 0 aliphatic carbocycles. The molecule has 1 atom stereocenters. The summed E-state index contributed by atoms with van der Waals surface area (Å²) in [6, 6.07) is 19.9. The Morgan fingerprint density at radius 2 is 1.89 bits per heavy atom. The molecule has 0 radical (unpaired) electrons. The molecular weight excluding hydrogens is 388 g/mol. The minimum Gasteiger partial charge on any atom is -0.399 e. The molecule has 1 unspecified atom stereocenters. The quantitative estimate of drug-likeness (QED) is 0.389. The number of hydrogen-bond acceptors (Lipinski definition) is 7. The summed E-state index contributed by atoms with van der Waals surface area (Å²) in [6.07, 6.45) is 0. The topological polar surface area (TPSA) is 83.4 Å². The molecule has 2 aromatic rings. The zero-order valence-electron chi connectivity index (χ0n) is 15.6. The average Bonchev–Trinajstić information content (AvgIpc) is 2.74. The van der Waals surface area contributed by atoms with Crippen molar-refractivity contribution in [3.63, 3.8) is 0 Å². The molecule has 0 aromatic heterocycles. The minimum atomic E-state index is -0.260. The van der Waals surface area contributed by atoms with Gasteiger partial charge in [0.25, 0.3) is 0 Å². The van der Waals surface area contributed by atoms with Gasteiger partial charge in [-0.25, -0.2) is 4.99 Å². The SMILES string of the molecule is COCCSCSC1N=C(c2ccc(N)cc2)NC(c2ccccc2)=C1C#N. The molecule has 5 nitrogen and oxygen atoms in total. The van der Waals surface area contributed by atoms with E-state index in [1.54, 1.807) is 30.6 Å². The van der Waals surface area contributed by atoms with Crippen molar-refractivity contribution in [2.75, 3.05) is 30.3 Å². The van der Waals surface area contributed by atoms with E-state index in [1.165, 1.54) is 0 Å². The molecular formula is C21H22N4OS2. The highest BCUT2D eigenvalue weighted by Crippen LogP contribution is 2.32. The van der Waals surface area contributed by atoms with Crippen molar-refractivity contribution >= 4 is 40.7 Å². The maximum atomic E-state index is 9.85. The van der Waals surface area contributed by atoms with Crippen LogP contribution in [0.1, 0.15) is 11.1 Å². The lowest BCUT2D eigenvalue weighted by Crippen LogP contribution is -2.31. The first-order valence-corrected chi connectivity index (χ1v) is 11.0. The summed E-state index contributed by atoms with van der Waals surface area (Å²) in [5.74, 6) is 1.66. The number of aliphatic imine (C=N–C) groups is 1. The standard InChI is InChI=1S/C21H22N4OS2/c1-26-11-12-27-14-28-21-18(13-22)19(15-5-3-2-4-6-15)24-20(25-21)16-7-9-17(23)10-8-16/h2-10,21H,11-12,14,23H2,1H3,(H,24,25). The Labute approximate surface area is 174 Å². The van der Waals surface area contributed by atoms with Crippen LogP contribution < -0.4 is 11.1 Å². The molecule has 28 heavy (non-hydrogen) atoms. The van der Waals surface area contributed by atoms with E-state index in [9.17, 15) is 5.26 Å². The fraction of sp³-hybridized carbons (Fsp3) is 0.238. The number of nitrogens with two attached hydrogens (primary N) is 1. The third-order valence-corrected chi connectivity index (χ3v) is 6.44. The van der Waals surface area contributed by atoms with Crippen LogP contribution in [0, 0.1) is 11.3 Å². The number of benzene rings is 2. The lowest BCUT2D eigenvalue weighted by Gasteiger charge is -2.25. The second-order valence-electron chi connectivity index (χ2n) is 6.03. The van der Waals surface area contributed by atoms with Crippen LogP contribution in [0.2, 0.25) is 0 Å².